The Morgan fingerprint density at radius 3 is 2.87 bits per heavy atom. The average Bonchev–Trinajstić information content (AvgIpc) is 2.64. The molecule has 15 heavy (non-hydrogen) atoms. The highest BCUT2D eigenvalue weighted by molar-refractivity contribution is 6.18. The molecule has 2 heterocycles. The molecule has 0 aromatic rings. The molecule has 0 aromatic heterocycles. The first-order chi connectivity index (χ1) is 7.38. The van der Waals surface area contributed by atoms with Crippen LogP contribution in [0.3, 0.4) is 0 Å². The molecule has 88 valence electrons. The summed E-state index contributed by atoms with van der Waals surface area (Å²) >= 11 is 5.98. The van der Waals surface area contributed by atoms with Gasteiger partial charge in [-0.05, 0) is 37.6 Å². The standard InChI is InChI=1S/C12H22ClNO/c13-7-11-3-1-2-5-14(8-11)9-12-4-6-15-10-12/h11-12H,1-10H2. The van der Waals surface area contributed by atoms with Crippen LogP contribution in [0.5, 0.6) is 0 Å². The fraction of sp³-hybridized carbons (Fsp3) is 1.00. The zero-order chi connectivity index (χ0) is 10.5. The maximum atomic E-state index is 5.98. The van der Waals surface area contributed by atoms with Crippen LogP contribution in [0.2, 0.25) is 0 Å². The van der Waals surface area contributed by atoms with E-state index in [9.17, 15) is 0 Å². The molecule has 0 N–H and O–H groups in total. The van der Waals surface area contributed by atoms with Crippen molar-refractivity contribution in [3.8, 4) is 0 Å². The quantitative estimate of drug-likeness (QED) is 0.692. The molecule has 2 aliphatic rings. The van der Waals surface area contributed by atoms with Crippen LogP contribution in [0.4, 0.5) is 0 Å². The fourth-order valence-electron chi connectivity index (χ4n) is 2.70. The summed E-state index contributed by atoms with van der Waals surface area (Å²) in [5.41, 5.74) is 0. The zero-order valence-corrected chi connectivity index (χ0v) is 10.2. The van der Waals surface area contributed by atoms with Crippen molar-refractivity contribution < 1.29 is 4.74 Å². The number of hydrogen-bond acceptors (Lipinski definition) is 2. The van der Waals surface area contributed by atoms with E-state index in [0.717, 1.165) is 30.9 Å². The Labute approximate surface area is 97.9 Å². The third kappa shape index (κ3) is 3.61. The van der Waals surface area contributed by atoms with Gasteiger partial charge in [0, 0.05) is 25.6 Å². The van der Waals surface area contributed by atoms with Gasteiger partial charge in [-0.25, -0.2) is 0 Å². The van der Waals surface area contributed by atoms with Crippen LogP contribution in [-0.4, -0.2) is 43.6 Å². The van der Waals surface area contributed by atoms with E-state index in [0.29, 0.717) is 0 Å². The molecule has 2 fully saturated rings. The number of nitrogens with zero attached hydrogens (tertiary/aromatic N) is 1. The van der Waals surface area contributed by atoms with Gasteiger partial charge in [0.1, 0.15) is 0 Å². The fourth-order valence-corrected chi connectivity index (χ4v) is 2.95. The summed E-state index contributed by atoms with van der Waals surface area (Å²) in [5.74, 6) is 2.33. The molecule has 0 radical (unpaired) electrons. The highest BCUT2D eigenvalue weighted by Gasteiger charge is 2.22. The third-order valence-electron chi connectivity index (χ3n) is 3.61. The number of ether oxygens (including phenoxy) is 1. The maximum Gasteiger partial charge on any atom is 0.0507 e. The van der Waals surface area contributed by atoms with Gasteiger partial charge in [0.2, 0.25) is 0 Å². The van der Waals surface area contributed by atoms with Gasteiger partial charge in [0.25, 0.3) is 0 Å². The van der Waals surface area contributed by atoms with Gasteiger partial charge in [-0.15, -0.1) is 11.6 Å². The first-order valence-corrected chi connectivity index (χ1v) is 6.78. The van der Waals surface area contributed by atoms with Crippen LogP contribution < -0.4 is 0 Å². The Morgan fingerprint density at radius 2 is 2.13 bits per heavy atom. The lowest BCUT2D eigenvalue weighted by Gasteiger charge is -2.25. The monoisotopic (exact) mass is 231 g/mol. The number of likely N-dealkylation sites (tertiary alicyclic amines) is 1. The summed E-state index contributed by atoms with van der Waals surface area (Å²) in [7, 11) is 0. The van der Waals surface area contributed by atoms with Crippen molar-refractivity contribution in [3.63, 3.8) is 0 Å². The number of rotatable bonds is 3. The van der Waals surface area contributed by atoms with E-state index >= 15 is 0 Å². The molecule has 3 heteroatoms. The Bertz CT molecular complexity index is 182. The Hall–Kier alpha value is 0.210. The van der Waals surface area contributed by atoms with Crippen molar-refractivity contribution in [1.82, 2.24) is 4.90 Å². The molecule has 0 saturated carbocycles. The molecular weight excluding hydrogens is 210 g/mol. The predicted octanol–water partition coefficient (Wildman–Crippen LogP) is 2.36. The molecule has 0 amide bonds. The third-order valence-corrected chi connectivity index (χ3v) is 4.05. The summed E-state index contributed by atoms with van der Waals surface area (Å²) in [6.45, 7) is 5.65. The van der Waals surface area contributed by atoms with E-state index in [1.165, 1.54) is 45.3 Å². The Morgan fingerprint density at radius 1 is 1.20 bits per heavy atom. The van der Waals surface area contributed by atoms with Gasteiger partial charge >= 0.3 is 0 Å². The van der Waals surface area contributed by atoms with Gasteiger partial charge in [0.05, 0.1) is 6.61 Å². The van der Waals surface area contributed by atoms with E-state index < -0.39 is 0 Å². The molecular formula is C12H22ClNO. The zero-order valence-electron chi connectivity index (χ0n) is 9.46. The van der Waals surface area contributed by atoms with Gasteiger partial charge < -0.3 is 9.64 Å². The Kier molecular flexibility index (Phi) is 4.73. The molecule has 2 nitrogen and oxygen atoms in total. The number of halogens is 1. The van der Waals surface area contributed by atoms with E-state index in [4.69, 9.17) is 16.3 Å². The number of hydrogen-bond donors (Lipinski definition) is 0. The molecule has 2 saturated heterocycles. The second-order valence-electron chi connectivity index (χ2n) is 5.01. The molecule has 0 aromatic carbocycles. The normalized spacial score (nSPS) is 34.2. The van der Waals surface area contributed by atoms with Crippen molar-refractivity contribution in [3.05, 3.63) is 0 Å². The highest BCUT2D eigenvalue weighted by atomic mass is 35.5. The smallest absolute Gasteiger partial charge is 0.0507 e. The van der Waals surface area contributed by atoms with Crippen LogP contribution in [0.25, 0.3) is 0 Å². The van der Waals surface area contributed by atoms with E-state index in [1.54, 1.807) is 0 Å². The summed E-state index contributed by atoms with van der Waals surface area (Å²) in [5, 5.41) is 0. The lowest BCUT2D eigenvalue weighted by atomic mass is 10.1. The van der Waals surface area contributed by atoms with Crippen LogP contribution in [-0.2, 0) is 4.74 Å². The van der Waals surface area contributed by atoms with Crippen molar-refractivity contribution in [2.45, 2.75) is 25.7 Å². The first-order valence-electron chi connectivity index (χ1n) is 6.24. The minimum Gasteiger partial charge on any atom is -0.381 e. The van der Waals surface area contributed by atoms with E-state index in [1.807, 2.05) is 0 Å². The van der Waals surface area contributed by atoms with Gasteiger partial charge in [-0.3, -0.25) is 0 Å². The lowest BCUT2D eigenvalue weighted by Crippen LogP contribution is -2.33. The summed E-state index contributed by atoms with van der Waals surface area (Å²) in [6, 6.07) is 0. The summed E-state index contributed by atoms with van der Waals surface area (Å²) < 4.78 is 5.43. The molecule has 0 aliphatic carbocycles. The van der Waals surface area contributed by atoms with Crippen molar-refractivity contribution in [1.29, 1.82) is 0 Å². The SMILES string of the molecule is ClCC1CCCCN(CC2CCOC2)C1. The van der Waals surface area contributed by atoms with Crippen molar-refractivity contribution in [2.75, 3.05) is 38.7 Å². The number of alkyl halides is 1. The topological polar surface area (TPSA) is 12.5 Å². The second kappa shape index (κ2) is 6.07. The summed E-state index contributed by atoms with van der Waals surface area (Å²) in [6.07, 6.45) is 5.28. The Balaban J connectivity index is 1.78. The van der Waals surface area contributed by atoms with Crippen molar-refractivity contribution in [2.24, 2.45) is 11.8 Å². The highest BCUT2D eigenvalue weighted by Crippen LogP contribution is 2.20. The maximum absolute atomic E-state index is 5.98. The van der Waals surface area contributed by atoms with Gasteiger partial charge in [0.15, 0.2) is 0 Å². The molecule has 2 unspecified atom stereocenters. The molecule has 0 bridgehead atoms. The lowest BCUT2D eigenvalue weighted by molar-refractivity contribution is 0.164. The minimum absolute atomic E-state index is 0.719. The first kappa shape index (κ1) is 11.7. The average molecular weight is 232 g/mol. The molecule has 0 spiro atoms. The largest absolute Gasteiger partial charge is 0.381 e. The summed E-state index contributed by atoms with van der Waals surface area (Å²) in [4.78, 5) is 2.61. The molecule has 2 rings (SSSR count). The van der Waals surface area contributed by atoms with E-state index in [2.05, 4.69) is 4.90 Å². The predicted molar refractivity (Wildman–Crippen MR) is 63.4 cm³/mol. The van der Waals surface area contributed by atoms with Gasteiger partial charge in [-0.1, -0.05) is 6.42 Å². The van der Waals surface area contributed by atoms with Crippen LogP contribution in [0, 0.1) is 11.8 Å². The van der Waals surface area contributed by atoms with Crippen LogP contribution in [0.1, 0.15) is 25.7 Å². The van der Waals surface area contributed by atoms with Crippen molar-refractivity contribution >= 4 is 11.6 Å². The van der Waals surface area contributed by atoms with E-state index in [-0.39, 0.29) is 0 Å². The van der Waals surface area contributed by atoms with Crippen LogP contribution >= 0.6 is 11.6 Å². The molecule has 2 atom stereocenters. The second-order valence-corrected chi connectivity index (χ2v) is 5.31. The molecule has 2 aliphatic heterocycles. The minimum atomic E-state index is 0.719. The van der Waals surface area contributed by atoms with Gasteiger partial charge in [-0.2, -0.15) is 0 Å². The van der Waals surface area contributed by atoms with Crippen LogP contribution in [0.15, 0.2) is 0 Å².